The SMILES string of the molecule is CS(=O)(=O)N=C(N1CCCC1)N1CCN(Cc2cc3ccccc3nc2-c2ccccc2)CC1. The highest BCUT2D eigenvalue weighted by atomic mass is 32.2. The number of hydrogen-bond acceptors (Lipinski definition) is 4. The molecule has 178 valence electrons. The number of para-hydroxylation sites is 1. The van der Waals surface area contributed by atoms with E-state index in [2.05, 4.69) is 67.6 Å². The van der Waals surface area contributed by atoms with E-state index >= 15 is 0 Å². The number of rotatable bonds is 4. The first-order chi connectivity index (χ1) is 16.5. The van der Waals surface area contributed by atoms with Crippen molar-refractivity contribution in [2.45, 2.75) is 19.4 Å². The highest BCUT2D eigenvalue weighted by molar-refractivity contribution is 7.89. The lowest BCUT2D eigenvalue weighted by Crippen LogP contribution is -2.53. The van der Waals surface area contributed by atoms with Crippen LogP contribution in [0.1, 0.15) is 18.4 Å². The predicted octanol–water partition coefficient (Wildman–Crippen LogP) is 3.43. The molecule has 34 heavy (non-hydrogen) atoms. The lowest BCUT2D eigenvalue weighted by Gasteiger charge is -2.39. The van der Waals surface area contributed by atoms with Crippen LogP contribution < -0.4 is 0 Å². The topological polar surface area (TPSA) is 69.1 Å². The van der Waals surface area contributed by atoms with Gasteiger partial charge in [-0.05, 0) is 30.5 Å². The third-order valence-corrected chi connectivity index (χ3v) is 7.03. The van der Waals surface area contributed by atoms with Crippen LogP contribution in [0.3, 0.4) is 0 Å². The van der Waals surface area contributed by atoms with Gasteiger partial charge in [0.05, 0.1) is 17.5 Å². The molecule has 8 heteroatoms. The second-order valence-corrected chi connectivity index (χ2v) is 10.8. The molecule has 0 N–H and O–H groups in total. The van der Waals surface area contributed by atoms with Gasteiger partial charge in [-0.2, -0.15) is 0 Å². The Morgan fingerprint density at radius 2 is 1.53 bits per heavy atom. The number of fused-ring (bicyclic) bond motifs is 1. The van der Waals surface area contributed by atoms with Crippen molar-refractivity contribution < 1.29 is 8.42 Å². The van der Waals surface area contributed by atoms with Crippen molar-refractivity contribution in [1.29, 1.82) is 0 Å². The molecule has 0 amide bonds. The van der Waals surface area contributed by atoms with Crippen LogP contribution in [0.15, 0.2) is 65.1 Å². The van der Waals surface area contributed by atoms with Crippen LogP contribution in [0.4, 0.5) is 0 Å². The molecule has 7 nitrogen and oxygen atoms in total. The van der Waals surface area contributed by atoms with Gasteiger partial charge in [-0.25, -0.2) is 13.4 Å². The summed E-state index contributed by atoms with van der Waals surface area (Å²) in [6.07, 6.45) is 3.34. The van der Waals surface area contributed by atoms with Crippen molar-refractivity contribution in [1.82, 2.24) is 19.7 Å². The quantitative estimate of drug-likeness (QED) is 0.424. The Kier molecular flexibility index (Phi) is 6.52. The summed E-state index contributed by atoms with van der Waals surface area (Å²) in [5.74, 6) is 0.622. The van der Waals surface area contributed by atoms with Gasteiger partial charge < -0.3 is 9.80 Å². The molecule has 0 unspecified atom stereocenters. The number of guanidine groups is 1. The van der Waals surface area contributed by atoms with E-state index in [0.717, 1.165) is 80.8 Å². The molecule has 2 aliphatic rings. The van der Waals surface area contributed by atoms with Gasteiger partial charge in [-0.3, -0.25) is 4.90 Å². The normalized spacial score (nSPS) is 18.1. The van der Waals surface area contributed by atoms with Crippen molar-refractivity contribution in [2.24, 2.45) is 4.40 Å². The Balaban J connectivity index is 1.36. The van der Waals surface area contributed by atoms with Gasteiger partial charge in [0.1, 0.15) is 0 Å². The second kappa shape index (κ2) is 9.72. The molecule has 3 heterocycles. The van der Waals surface area contributed by atoms with Gasteiger partial charge in [0.25, 0.3) is 10.0 Å². The molecule has 0 atom stereocenters. The number of sulfonamides is 1. The summed E-state index contributed by atoms with van der Waals surface area (Å²) < 4.78 is 28.1. The van der Waals surface area contributed by atoms with Crippen LogP contribution in [0.5, 0.6) is 0 Å². The highest BCUT2D eigenvalue weighted by Crippen LogP contribution is 2.27. The predicted molar refractivity (Wildman–Crippen MR) is 137 cm³/mol. The number of nitrogens with zero attached hydrogens (tertiary/aromatic N) is 5. The first kappa shape index (κ1) is 22.8. The number of piperazine rings is 1. The molecule has 0 spiro atoms. The molecule has 0 bridgehead atoms. The minimum absolute atomic E-state index is 0.622. The van der Waals surface area contributed by atoms with E-state index in [9.17, 15) is 8.42 Å². The van der Waals surface area contributed by atoms with Crippen molar-refractivity contribution in [2.75, 3.05) is 45.5 Å². The average molecular weight is 478 g/mol. The number of hydrogen-bond donors (Lipinski definition) is 0. The van der Waals surface area contributed by atoms with Gasteiger partial charge in [0, 0.05) is 56.8 Å². The van der Waals surface area contributed by atoms with Crippen LogP contribution in [-0.2, 0) is 16.6 Å². The molecule has 2 aliphatic heterocycles. The van der Waals surface area contributed by atoms with Gasteiger partial charge in [-0.1, -0.05) is 48.5 Å². The summed E-state index contributed by atoms with van der Waals surface area (Å²) in [5.41, 5.74) is 4.36. The van der Waals surface area contributed by atoms with Crippen LogP contribution >= 0.6 is 0 Å². The van der Waals surface area contributed by atoms with Crippen LogP contribution in [0, 0.1) is 0 Å². The average Bonchev–Trinajstić information content (AvgIpc) is 3.38. The molecule has 0 radical (unpaired) electrons. The van der Waals surface area contributed by atoms with Gasteiger partial charge in [0.2, 0.25) is 5.96 Å². The maximum Gasteiger partial charge on any atom is 0.253 e. The maximum absolute atomic E-state index is 12.0. The summed E-state index contributed by atoms with van der Waals surface area (Å²) in [4.78, 5) is 11.7. The van der Waals surface area contributed by atoms with Crippen molar-refractivity contribution in [3.05, 3.63) is 66.2 Å². The van der Waals surface area contributed by atoms with Gasteiger partial charge in [-0.15, -0.1) is 4.40 Å². The molecule has 0 aliphatic carbocycles. The van der Waals surface area contributed by atoms with E-state index in [-0.39, 0.29) is 0 Å². The Morgan fingerprint density at radius 1 is 0.882 bits per heavy atom. The lowest BCUT2D eigenvalue weighted by atomic mass is 10.0. The van der Waals surface area contributed by atoms with Crippen LogP contribution in [0.25, 0.3) is 22.2 Å². The number of likely N-dealkylation sites (tertiary alicyclic amines) is 1. The lowest BCUT2D eigenvalue weighted by molar-refractivity contribution is 0.165. The molecule has 1 aromatic heterocycles. The van der Waals surface area contributed by atoms with Gasteiger partial charge in [0.15, 0.2) is 0 Å². The number of benzene rings is 2. The summed E-state index contributed by atoms with van der Waals surface area (Å²) in [5, 5.41) is 1.15. The van der Waals surface area contributed by atoms with Crippen molar-refractivity contribution >= 4 is 26.9 Å². The first-order valence-corrected chi connectivity index (χ1v) is 13.8. The van der Waals surface area contributed by atoms with E-state index in [1.54, 1.807) is 0 Å². The third-order valence-electron chi connectivity index (χ3n) is 6.54. The van der Waals surface area contributed by atoms with Crippen molar-refractivity contribution in [3.63, 3.8) is 0 Å². The fraction of sp³-hybridized carbons (Fsp3) is 0.385. The summed E-state index contributed by atoms with van der Waals surface area (Å²) in [6, 6.07) is 20.9. The fourth-order valence-corrected chi connectivity index (χ4v) is 5.38. The van der Waals surface area contributed by atoms with E-state index in [4.69, 9.17) is 4.98 Å². The molecular formula is C26H31N5O2S. The summed E-state index contributed by atoms with van der Waals surface area (Å²) in [6.45, 7) is 5.75. The first-order valence-electron chi connectivity index (χ1n) is 11.9. The molecule has 5 rings (SSSR count). The zero-order valence-electron chi connectivity index (χ0n) is 19.6. The molecular weight excluding hydrogens is 446 g/mol. The summed E-state index contributed by atoms with van der Waals surface area (Å²) in [7, 11) is -3.45. The minimum Gasteiger partial charge on any atom is -0.342 e. The monoisotopic (exact) mass is 477 g/mol. The zero-order chi connectivity index (χ0) is 23.5. The molecule has 2 aromatic carbocycles. The number of aromatic nitrogens is 1. The van der Waals surface area contributed by atoms with Gasteiger partial charge >= 0.3 is 0 Å². The summed E-state index contributed by atoms with van der Waals surface area (Å²) >= 11 is 0. The largest absolute Gasteiger partial charge is 0.342 e. The Hall–Kier alpha value is -2.97. The molecule has 3 aromatic rings. The second-order valence-electron chi connectivity index (χ2n) is 9.14. The number of pyridine rings is 1. The zero-order valence-corrected chi connectivity index (χ0v) is 20.4. The van der Waals surface area contributed by atoms with E-state index in [0.29, 0.717) is 5.96 Å². The fourth-order valence-electron chi connectivity index (χ4n) is 4.85. The standard InChI is InChI=1S/C26H31N5O2S/c1-34(32,33)28-26(30-13-7-8-14-30)31-17-15-29(16-18-31)20-23-19-22-11-5-6-12-24(22)27-25(23)21-9-3-2-4-10-21/h2-6,9-12,19H,7-8,13-18,20H2,1H3. The smallest absolute Gasteiger partial charge is 0.253 e. The highest BCUT2D eigenvalue weighted by Gasteiger charge is 2.27. The molecule has 2 fully saturated rings. The van der Waals surface area contributed by atoms with E-state index < -0.39 is 10.0 Å². The molecule has 0 saturated carbocycles. The Labute approximate surface area is 201 Å². The molecule has 2 saturated heterocycles. The minimum atomic E-state index is -3.45. The Bertz CT molecular complexity index is 1280. The third kappa shape index (κ3) is 5.23. The Morgan fingerprint density at radius 3 is 2.24 bits per heavy atom. The van der Waals surface area contributed by atoms with E-state index in [1.807, 2.05) is 12.1 Å². The van der Waals surface area contributed by atoms with Crippen LogP contribution in [-0.4, -0.2) is 79.6 Å². The maximum atomic E-state index is 12.0. The van der Waals surface area contributed by atoms with E-state index in [1.165, 1.54) is 11.8 Å². The van der Waals surface area contributed by atoms with Crippen LogP contribution in [0.2, 0.25) is 0 Å². The van der Waals surface area contributed by atoms with Crippen molar-refractivity contribution in [3.8, 4) is 11.3 Å².